The van der Waals surface area contributed by atoms with Crippen LogP contribution in [0.3, 0.4) is 0 Å². The number of nitrogens with zero attached hydrogens (tertiary/aromatic N) is 1. The van der Waals surface area contributed by atoms with Crippen molar-refractivity contribution in [1.29, 1.82) is 0 Å². The number of nitrogens with two attached hydrogens (primary N) is 1. The van der Waals surface area contributed by atoms with Crippen molar-refractivity contribution in [1.82, 2.24) is 10.3 Å². The van der Waals surface area contributed by atoms with Crippen molar-refractivity contribution < 1.29 is 4.79 Å². The van der Waals surface area contributed by atoms with Crippen LogP contribution in [0.1, 0.15) is 21.5 Å². The second kappa shape index (κ2) is 5.31. The van der Waals surface area contributed by atoms with Crippen LogP contribution in [0.25, 0.3) is 0 Å². The number of nitrogens with one attached hydrogen (secondary N) is 1. The molecule has 0 fully saturated rings. The highest BCUT2D eigenvalue weighted by molar-refractivity contribution is 5.94. The van der Waals surface area contributed by atoms with Gasteiger partial charge in [0.2, 0.25) is 0 Å². The van der Waals surface area contributed by atoms with Gasteiger partial charge in [-0.25, -0.2) is 4.98 Å². The van der Waals surface area contributed by atoms with Crippen LogP contribution in [0.4, 0.5) is 5.82 Å². The summed E-state index contributed by atoms with van der Waals surface area (Å²) in [5, 5.41) is 2.84. The minimum atomic E-state index is -0.148. The highest BCUT2D eigenvalue weighted by Gasteiger charge is 2.05. The van der Waals surface area contributed by atoms with Crippen LogP contribution in [0.2, 0.25) is 0 Å². The van der Waals surface area contributed by atoms with Crippen molar-refractivity contribution in [3.05, 3.63) is 59.3 Å². The molecular formula is C14H15N3O. The number of hydrogen-bond donors (Lipinski definition) is 2. The number of nitrogen functional groups attached to an aromatic ring is 1. The molecular weight excluding hydrogens is 226 g/mol. The number of benzene rings is 1. The minimum absolute atomic E-state index is 0.148. The highest BCUT2D eigenvalue weighted by atomic mass is 16.1. The number of rotatable bonds is 3. The second-order valence-corrected chi connectivity index (χ2v) is 4.14. The van der Waals surface area contributed by atoms with E-state index in [9.17, 15) is 4.79 Å². The lowest BCUT2D eigenvalue weighted by atomic mass is 10.1. The zero-order valence-electron chi connectivity index (χ0n) is 10.2. The molecule has 0 saturated heterocycles. The van der Waals surface area contributed by atoms with Crippen molar-refractivity contribution in [2.45, 2.75) is 13.5 Å². The maximum Gasteiger partial charge on any atom is 0.251 e. The Balaban J connectivity index is 1.98. The summed E-state index contributed by atoms with van der Waals surface area (Å²) in [5.74, 6) is 0.197. The molecule has 0 aliphatic rings. The number of aryl methyl sites for hydroxylation is 1. The topological polar surface area (TPSA) is 68.0 Å². The van der Waals surface area contributed by atoms with Crippen LogP contribution in [-0.2, 0) is 6.54 Å². The maximum atomic E-state index is 11.8. The van der Waals surface area contributed by atoms with E-state index in [4.69, 9.17) is 5.73 Å². The summed E-state index contributed by atoms with van der Waals surface area (Å²) < 4.78 is 0. The third-order valence-corrected chi connectivity index (χ3v) is 2.62. The molecule has 1 amide bonds. The molecule has 0 aliphatic heterocycles. The molecule has 0 bridgehead atoms. The zero-order valence-corrected chi connectivity index (χ0v) is 10.2. The van der Waals surface area contributed by atoms with Gasteiger partial charge in [0.15, 0.2) is 0 Å². The van der Waals surface area contributed by atoms with Gasteiger partial charge in [-0.15, -0.1) is 0 Å². The Morgan fingerprint density at radius 2 is 2.00 bits per heavy atom. The van der Waals surface area contributed by atoms with Crippen LogP contribution in [-0.4, -0.2) is 10.9 Å². The van der Waals surface area contributed by atoms with E-state index in [2.05, 4.69) is 10.3 Å². The lowest BCUT2D eigenvalue weighted by Gasteiger charge is -2.06. The predicted molar refractivity (Wildman–Crippen MR) is 71.0 cm³/mol. The SMILES string of the molecule is Cc1ccc(CNC(=O)c2ccnc(N)c2)cc1. The van der Waals surface area contributed by atoms with E-state index < -0.39 is 0 Å². The monoisotopic (exact) mass is 241 g/mol. The number of hydrogen-bond acceptors (Lipinski definition) is 3. The molecule has 4 nitrogen and oxygen atoms in total. The van der Waals surface area contributed by atoms with Crippen molar-refractivity contribution in [2.24, 2.45) is 0 Å². The molecule has 1 aromatic heterocycles. The standard InChI is InChI=1S/C14H15N3O/c1-10-2-4-11(5-3-10)9-17-14(18)12-6-7-16-13(15)8-12/h2-8H,9H2,1H3,(H2,15,16)(H,17,18). The fraction of sp³-hybridized carbons (Fsp3) is 0.143. The van der Waals surface area contributed by atoms with E-state index in [1.165, 1.54) is 11.8 Å². The van der Waals surface area contributed by atoms with E-state index in [1.807, 2.05) is 31.2 Å². The molecule has 0 saturated carbocycles. The van der Waals surface area contributed by atoms with Gasteiger partial charge in [0.25, 0.3) is 5.91 Å². The number of aromatic nitrogens is 1. The lowest BCUT2D eigenvalue weighted by molar-refractivity contribution is 0.0951. The summed E-state index contributed by atoms with van der Waals surface area (Å²) in [6, 6.07) is 11.2. The summed E-state index contributed by atoms with van der Waals surface area (Å²) in [6.45, 7) is 2.53. The molecule has 1 heterocycles. The molecule has 1 aromatic carbocycles. The largest absolute Gasteiger partial charge is 0.384 e. The molecule has 92 valence electrons. The molecule has 18 heavy (non-hydrogen) atoms. The highest BCUT2D eigenvalue weighted by Crippen LogP contribution is 2.05. The fourth-order valence-corrected chi connectivity index (χ4v) is 1.58. The van der Waals surface area contributed by atoms with E-state index >= 15 is 0 Å². The quantitative estimate of drug-likeness (QED) is 0.862. The van der Waals surface area contributed by atoms with Gasteiger partial charge in [-0.1, -0.05) is 29.8 Å². The molecule has 0 spiro atoms. The van der Waals surface area contributed by atoms with Gasteiger partial charge in [-0.3, -0.25) is 4.79 Å². The van der Waals surface area contributed by atoms with E-state index in [-0.39, 0.29) is 5.91 Å². The lowest BCUT2D eigenvalue weighted by Crippen LogP contribution is -2.22. The van der Waals surface area contributed by atoms with Gasteiger partial charge >= 0.3 is 0 Å². The van der Waals surface area contributed by atoms with Crippen molar-refractivity contribution in [2.75, 3.05) is 5.73 Å². The Bertz CT molecular complexity index is 549. The summed E-state index contributed by atoms with van der Waals surface area (Å²) in [5.41, 5.74) is 8.32. The van der Waals surface area contributed by atoms with Gasteiger partial charge in [0, 0.05) is 18.3 Å². The Labute approximate surface area is 106 Å². The van der Waals surface area contributed by atoms with Gasteiger partial charge in [-0.05, 0) is 24.6 Å². The van der Waals surface area contributed by atoms with Gasteiger partial charge in [0.05, 0.1) is 0 Å². The number of anilines is 1. The molecule has 2 aromatic rings. The Kier molecular flexibility index (Phi) is 3.57. The van der Waals surface area contributed by atoms with Gasteiger partial charge < -0.3 is 11.1 Å². The van der Waals surface area contributed by atoms with Crippen molar-refractivity contribution in [3.8, 4) is 0 Å². The normalized spacial score (nSPS) is 10.1. The first kappa shape index (κ1) is 12.1. The zero-order chi connectivity index (χ0) is 13.0. The average molecular weight is 241 g/mol. The molecule has 2 rings (SSSR count). The molecule has 0 radical (unpaired) electrons. The van der Waals surface area contributed by atoms with Crippen LogP contribution in [0.15, 0.2) is 42.6 Å². The first-order valence-corrected chi connectivity index (χ1v) is 5.70. The number of carbonyl (C=O) groups excluding carboxylic acids is 1. The molecule has 0 atom stereocenters. The van der Waals surface area contributed by atoms with Crippen molar-refractivity contribution in [3.63, 3.8) is 0 Å². The summed E-state index contributed by atoms with van der Waals surface area (Å²) in [7, 11) is 0. The number of carbonyl (C=O) groups is 1. The molecule has 0 aliphatic carbocycles. The molecule has 0 unspecified atom stereocenters. The van der Waals surface area contributed by atoms with Crippen LogP contribution in [0, 0.1) is 6.92 Å². The van der Waals surface area contributed by atoms with E-state index in [1.54, 1.807) is 12.1 Å². The third-order valence-electron chi connectivity index (χ3n) is 2.62. The maximum absolute atomic E-state index is 11.8. The summed E-state index contributed by atoms with van der Waals surface area (Å²) >= 11 is 0. The second-order valence-electron chi connectivity index (χ2n) is 4.14. The smallest absolute Gasteiger partial charge is 0.251 e. The Morgan fingerprint density at radius 1 is 1.28 bits per heavy atom. The van der Waals surface area contributed by atoms with Gasteiger partial charge in [0.1, 0.15) is 5.82 Å². The predicted octanol–water partition coefficient (Wildman–Crippen LogP) is 1.90. The van der Waals surface area contributed by atoms with Crippen LogP contribution < -0.4 is 11.1 Å². The van der Waals surface area contributed by atoms with Crippen LogP contribution in [0.5, 0.6) is 0 Å². The molecule has 4 heteroatoms. The Hall–Kier alpha value is -2.36. The van der Waals surface area contributed by atoms with Crippen LogP contribution >= 0.6 is 0 Å². The number of amides is 1. The Morgan fingerprint density at radius 3 is 2.67 bits per heavy atom. The first-order valence-electron chi connectivity index (χ1n) is 5.70. The van der Waals surface area contributed by atoms with Gasteiger partial charge in [-0.2, -0.15) is 0 Å². The van der Waals surface area contributed by atoms with E-state index in [0.29, 0.717) is 17.9 Å². The third kappa shape index (κ3) is 3.07. The number of pyridine rings is 1. The average Bonchev–Trinajstić information content (AvgIpc) is 2.38. The van der Waals surface area contributed by atoms with E-state index in [0.717, 1.165) is 5.56 Å². The van der Waals surface area contributed by atoms with Crippen molar-refractivity contribution >= 4 is 11.7 Å². The minimum Gasteiger partial charge on any atom is -0.384 e. The first-order chi connectivity index (χ1) is 8.65. The summed E-state index contributed by atoms with van der Waals surface area (Å²) in [6.07, 6.45) is 1.52. The fourth-order valence-electron chi connectivity index (χ4n) is 1.58. The molecule has 3 N–H and O–H groups in total. The summed E-state index contributed by atoms with van der Waals surface area (Å²) in [4.78, 5) is 15.7.